The molecule has 0 amide bonds. The normalized spacial score (nSPS) is 14.1. The van der Waals surface area contributed by atoms with Crippen molar-refractivity contribution in [2.45, 2.75) is 225 Å². The van der Waals surface area contributed by atoms with Crippen LogP contribution in [0.4, 0.5) is 0 Å². The smallest absolute Gasteiger partial charge is 0.457 e. The highest BCUT2D eigenvalue weighted by atomic mass is 31.2. The van der Waals surface area contributed by atoms with Gasteiger partial charge in [-0.05, 0) is 44.9 Å². The number of unbranched alkanes of at least 4 members (excludes halogenated alkanes) is 24. The lowest BCUT2D eigenvalue weighted by molar-refractivity contribution is -0.870. The van der Waals surface area contributed by atoms with Crippen molar-refractivity contribution in [3.63, 3.8) is 0 Å². The summed E-state index contributed by atoms with van der Waals surface area (Å²) in [5.74, 6) is -0.335. The average molecular weight is 907 g/mol. The second-order valence-electron chi connectivity index (χ2n) is 18.5. The van der Waals surface area contributed by atoms with E-state index in [4.69, 9.17) is 18.5 Å². The van der Waals surface area contributed by atoms with Gasteiger partial charge in [-0.1, -0.05) is 229 Å². The van der Waals surface area contributed by atoms with Crippen molar-refractivity contribution in [2.24, 2.45) is 0 Å². The predicted molar refractivity (Wildman–Crippen MR) is 270 cm³/mol. The van der Waals surface area contributed by atoms with Gasteiger partial charge in [0.2, 0.25) is 0 Å². The van der Waals surface area contributed by atoms with E-state index in [0.29, 0.717) is 30.5 Å². The zero-order chi connectivity index (χ0) is 46.2. The molecule has 0 radical (unpaired) electrons. The summed E-state index contributed by atoms with van der Waals surface area (Å²) in [5.41, 5.74) is 0. The van der Waals surface area contributed by atoms with Gasteiger partial charge in [-0.15, -0.1) is 0 Å². The Morgan fingerprint density at radius 2 is 0.889 bits per heavy atom. The highest BCUT2D eigenvalue weighted by Crippen LogP contribution is 2.43. The van der Waals surface area contributed by atoms with Crippen molar-refractivity contribution in [3.05, 3.63) is 60.8 Å². The van der Waals surface area contributed by atoms with Crippen molar-refractivity contribution >= 4 is 13.8 Å². The summed E-state index contributed by atoms with van der Waals surface area (Å²) in [6, 6.07) is 0. The first-order valence-corrected chi connectivity index (χ1v) is 27.5. The van der Waals surface area contributed by atoms with E-state index in [9.17, 15) is 14.3 Å². The number of ether oxygens (including phenoxy) is 2. The number of esters is 1. The molecule has 8 nitrogen and oxygen atoms in total. The van der Waals surface area contributed by atoms with Gasteiger partial charge in [-0.2, -0.15) is 0 Å². The number of phosphoric ester groups is 1. The van der Waals surface area contributed by atoms with E-state index < -0.39 is 13.9 Å². The monoisotopic (exact) mass is 907 g/mol. The first-order valence-electron chi connectivity index (χ1n) is 26.0. The van der Waals surface area contributed by atoms with Gasteiger partial charge in [0.1, 0.15) is 19.3 Å². The van der Waals surface area contributed by atoms with Gasteiger partial charge in [0.25, 0.3) is 0 Å². The van der Waals surface area contributed by atoms with Crippen molar-refractivity contribution in [3.8, 4) is 0 Å². The van der Waals surface area contributed by atoms with Crippen molar-refractivity contribution in [1.82, 2.24) is 0 Å². The fourth-order valence-corrected chi connectivity index (χ4v) is 7.89. The van der Waals surface area contributed by atoms with E-state index in [2.05, 4.69) is 74.6 Å². The van der Waals surface area contributed by atoms with Crippen molar-refractivity contribution in [1.29, 1.82) is 0 Å². The minimum atomic E-state index is -4.30. The van der Waals surface area contributed by atoms with Crippen LogP contribution >= 0.6 is 7.82 Å². The van der Waals surface area contributed by atoms with E-state index >= 15 is 0 Å². The molecule has 0 aromatic heterocycles. The molecule has 2 unspecified atom stereocenters. The van der Waals surface area contributed by atoms with Crippen LogP contribution in [-0.4, -0.2) is 75.6 Å². The molecule has 0 saturated heterocycles. The van der Waals surface area contributed by atoms with Gasteiger partial charge in [0, 0.05) is 6.42 Å². The molecule has 63 heavy (non-hydrogen) atoms. The maximum atomic E-state index is 12.8. The molecule has 0 aliphatic rings. The summed E-state index contributed by atoms with van der Waals surface area (Å²) < 4.78 is 35.0. The van der Waals surface area contributed by atoms with Gasteiger partial charge < -0.3 is 18.9 Å². The third-order valence-electron chi connectivity index (χ3n) is 11.1. The number of nitrogens with zero attached hydrogens (tertiary/aromatic N) is 1. The Kier molecular flexibility index (Phi) is 45.4. The maximum Gasteiger partial charge on any atom is 0.472 e. The second kappa shape index (κ2) is 46.7. The van der Waals surface area contributed by atoms with E-state index in [-0.39, 0.29) is 25.8 Å². The van der Waals surface area contributed by atoms with E-state index in [1.54, 1.807) is 0 Å². The molecule has 0 bridgehead atoms. The van der Waals surface area contributed by atoms with Crippen LogP contribution in [0.5, 0.6) is 0 Å². The maximum absolute atomic E-state index is 12.8. The Labute approximate surface area is 390 Å². The first kappa shape index (κ1) is 61.2. The molecule has 0 aromatic rings. The summed E-state index contributed by atoms with van der Waals surface area (Å²) in [6.45, 7) is 5.30. The average Bonchev–Trinajstić information content (AvgIpc) is 3.24. The highest BCUT2D eigenvalue weighted by Gasteiger charge is 2.26. The number of allylic oxidation sites excluding steroid dienone is 9. The van der Waals surface area contributed by atoms with Gasteiger partial charge in [-0.3, -0.25) is 13.8 Å². The van der Waals surface area contributed by atoms with Crippen LogP contribution in [0.25, 0.3) is 0 Å². The number of carbonyl (C=O) groups excluding carboxylic acids is 1. The molecule has 0 aromatic carbocycles. The van der Waals surface area contributed by atoms with Crippen LogP contribution in [0.3, 0.4) is 0 Å². The molecule has 0 rings (SSSR count). The Hall–Kier alpha value is -1.80. The Bertz CT molecular complexity index is 1190. The SMILES string of the molecule is CC/C=C\C/C=C\C/C=C\C/C=C\C/C=C\CCOCC(COP(=O)(O)OCC[N+](C)(C)C)OC(=O)CCCCCCCCCCCCCCCCCCCCCCCCCCC. The summed E-state index contributed by atoms with van der Waals surface area (Å²) >= 11 is 0. The molecule has 0 aliphatic heterocycles. The molecule has 368 valence electrons. The van der Waals surface area contributed by atoms with Crippen LogP contribution in [0.2, 0.25) is 0 Å². The second-order valence-corrected chi connectivity index (χ2v) is 20.0. The summed E-state index contributed by atoms with van der Waals surface area (Å²) in [5, 5.41) is 0. The number of quaternary nitrogens is 1. The summed E-state index contributed by atoms with van der Waals surface area (Å²) in [6.07, 6.45) is 60.2. The number of hydrogen-bond acceptors (Lipinski definition) is 6. The number of carbonyl (C=O) groups is 1. The van der Waals surface area contributed by atoms with E-state index in [1.807, 2.05) is 21.1 Å². The van der Waals surface area contributed by atoms with Crippen LogP contribution in [0.1, 0.15) is 219 Å². The third-order valence-corrected chi connectivity index (χ3v) is 12.1. The number of rotatable bonds is 48. The fourth-order valence-electron chi connectivity index (χ4n) is 7.15. The Morgan fingerprint density at radius 1 is 0.508 bits per heavy atom. The van der Waals surface area contributed by atoms with Crippen molar-refractivity contribution < 1.29 is 37.3 Å². The number of phosphoric acid groups is 1. The van der Waals surface area contributed by atoms with Crippen LogP contribution < -0.4 is 0 Å². The molecule has 2 atom stereocenters. The van der Waals surface area contributed by atoms with Gasteiger partial charge in [0.15, 0.2) is 0 Å². The van der Waals surface area contributed by atoms with Gasteiger partial charge >= 0.3 is 13.8 Å². The quantitative estimate of drug-likeness (QED) is 0.0214. The standard InChI is InChI=1S/C54H100NO7P/c1-6-8-10-12-14-16-18-20-22-24-25-26-27-28-29-30-31-32-33-35-37-39-41-43-45-47-54(56)62-53(52-61-63(57,58)60-50-48-55(3,4)5)51-59-49-46-44-42-40-38-36-34-23-21-19-17-15-13-11-9-7-2/h9,11,15,17,21,23,36,38,42,44,53H,6-8,10,12-14,16,18-20,22,24-35,37,39-41,43,45-52H2,1-5H3/p+1/b11-9-,17-15-,23-21-,38-36-,44-42-. The summed E-state index contributed by atoms with van der Waals surface area (Å²) in [7, 11) is 1.62. The zero-order valence-corrected chi connectivity index (χ0v) is 42.7. The molecule has 0 saturated carbocycles. The van der Waals surface area contributed by atoms with Crippen molar-refractivity contribution in [2.75, 3.05) is 54.1 Å². The lowest BCUT2D eigenvalue weighted by Gasteiger charge is -2.24. The minimum Gasteiger partial charge on any atom is -0.457 e. The molecule has 0 heterocycles. The molecular formula is C54H101NO7P+. The highest BCUT2D eigenvalue weighted by molar-refractivity contribution is 7.47. The first-order chi connectivity index (χ1) is 30.6. The van der Waals surface area contributed by atoms with Gasteiger partial charge in [0.05, 0.1) is 41.0 Å². The lowest BCUT2D eigenvalue weighted by atomic mass is 10.0. The molecule has 1 N–H and O–H groups in total. The largest absolute Gasteiger partial charge is 0.472 e. The van der Waals surface area contributed by atoms with E-state index in [1.165, 1.54) is 141 Å². The zero-order valence-electron chi connectivity index (χ0n) is 41.8. The minimum absolute atomic E-state index is 0.0745. The Balaban J connectivity index is 4.14. The number of likely N-dealkylation sites (N-methyl/N-ethyl adjacent to an activating group) is 1. The fraction of sp³-hybridized carbons (Fsp3) is 0.796. The lowest BCUT2D eigenvalue weighted by Crippen LogP contribution is -2.37. The van der Waals surface area contributed by atoms with Crippen LogP contribution in [0.15, 0.2) is 60.8 Å². The summed E-state index contributed by atoms with van der Waals surface area (Å²) in [4.78, 5) is 23.0. The molecule has 9 heteroatoms. The molecule has 0 fully saturated rings. The van der Waals surface area contributed by atoms with Gasteiger partial charge in [-0.25, -0.2) is 4.57 Å². The third kappa shape index (κ3) is 51.1. The number of hydrogen-bond donors (Lipinski definition) is 1. The molecule has 0 aliphatic carbocycles. The van der Waals surface area contributed by atoms with E-state index in [0.717, 1.165) is 51.4 Å². The topological polar surface area (TPSA) is 91.3 Å². The van der Waals surface area contributed by atoms with Crippen LogP contribution in [0, 0.1) is 0 Å². The molecular weight excluding hydrogens is 806 g/mol. The Morgan fingerprint density at radius 3 is 1.29 bits per heavy atom. The predicted octanol–water partition coefficient (Wildman–Crippen LogP) is 16.1. The molecule has 0 spiro atoms. The van der Waals surface area contributed by atoms with Crippen LogP contribution in [-0.2, 0) is 27.9 Å².